The number of oxazole rings is 1. The third-order valence-corrected chi connectivity index (χ3v) is 6.85. The number of amides is 2. The van der Waals surface area contributed by atoms with Crippen molar-refractivity contribution < 1.29 is 22.7 Å². The Bertz CT molecular complexity index is 1060. The average Bonchev–Trinajstić information content (AvgIpc) is 3.37. The highest BCUT2D eigenvalue weighted by Gasteiger charge is 2.31. The number of fused-ring (bicyclic) bond motifs is 2. The van der Waals surface area contributed by atoms with E-state index in [2.05, 4.69) is 17.2 Å². The fourth-order valence-electron chi connectivity index (χ4n) is 4.35. The minimum Gasteiger partial charge on any atom is -0.435 e. The molecule has 2 aliphatic carbocycles. The molecule has 0 bridgehead atoms. The quantitative estimate of drug-likeness (QED) is 0.700. The molecule has 0 aliphatic heterocycles. The minimum atomic E-state index is -4.31. The zero-order chi connectivity index (χ0) is 21.0. The summed E-state index contributed by atoms with van der Waals surface area (Å²) >= 11 is 0. The molecule has 2 aromatic rings. The second-order valence-electron chi connectivity index (χ2n) is 8.24. The van der Waals surface area contributed by atoms with E-state index in [1.807, 2.05) is 4.72 Å². The predicted molar refractivity (Wildman–Crippen MR) is 106 cm³/mol. The number of sulfonamides is 1. The lowest BCUT2D eigenvalue weighted by molar-refractivity contribution is 0.0736. The molecule has 2 amide bonds. The lowest BCUT2D eigenvalue weighted by Gasteiger charge is -2.19. The maximum absolute atomic E-state index is 12.6. The van der Waals surface area contributed by atoms with Crippen molar-refractivity contribution in [3.8, 4) is 0 Å². The molecule has 0 radical (unpaired) electrons. The zero-order valence-electron chi connectivity index (χ0n) is 16.8. The van der Waals surface area contributed by atoms with E-state index in [9.17, 15) is 18.3 Å². The highest BCUT2D eigenvalue weighted by molar-refractivity contribution is 7.89. The number of nitrogens with one attached hydrogen (secondary N) is 2. The Morgan fingerprint density at radius 2 is 1.66 bits per heavy atom. The molecule has 1 aromatic carbocycles. The maximum Gasteiger partial charge on any atom is 0.336 e. The molecule has 2 aliphatic rings. The second-order valence-corrected chi connectivity index (χ2v) is 9.80. The summed E-state index contributed by atoms with van der Waals surface area (Å²) in [5.41, 5.74) is 5.59. The predicted octanol–water partition coefficient (Wildman–Crippen LogP) is 2.70. The molecule has 3 N–H and O–H groups in total. The summed E-state index contributed by atoms with van der Waals surface area (Å²) in [7, 11) is -4.31. The smallest absolute Gasteiger partial charge is 0.336 e. The molecule has 4 rings (SSSR count). The Balaban J connectivity index is 1.59. The van der Waals surface area contributed by atoms with E-state index in [1.165, 1.54) is 30.5 Å². The number of carbonyl (C=O) groups excluding carboxylic acids is 1. The van der Waals surface area contributed by atoms with Crippen LogP contribution >= 0.6 is 0 Å². The first kappa shape index (κ1) is 19.9. The van der Waals surface area contributed by atoms with Crippen LogP contribution in [0.2, 0.25) is 0 Å². The highest BCUT2D eigenvalue weighted by Crippen LogP contribution is 2.41. The van der Waals surface area contributed by atoms with Gasteiger partial charge in [0.1, 0.15) is 17.6 Å². The van der Waals surface area contributed by atoms with Gasteiger partial charge < -0.3 is 14.8 Å². The molecule has 0 spiro atoms. The van der Waals surface area contributed by atoms with Crippen molar-refractivity contribution in [3.05, 3.63) is 39.8 Å². The molecule has 1 aromatic heterocycles. The van der Waals surface area contributed by atoms with Crippen molar-refractivity contribution >= 4 is 21.7 Å². The van der Waals surface area contributed by atoms with E-state index in [1.54, 1.807) is 0 Å². The summed E-state index contributed by atoms with van der Waals surface area (Å²) in [6.45, 7) is 5.06. The second kappa shape index (κ2) is 6.84. The zero-order valence-corrected chi connectivity index (χ0v) is 17.6. The fraction of sp³-hybridized carbons (Fsp3) is 0.500. The van der Waals surface area contributed by atoms with Crippen molar-refractivity contribution in [2.45, 2.75) is 70.1 Å². The Morgan fingerprint density at radius 1 is 1.10 bits per heavy atom. The monoisotopic (exact) mass is 419 g/mol. The van der Waals surface area contributed by atoms with E-state index in [0.29, 0.717) is 0 Å². The van der Waals surface area contributed by atoms with Crippen LogP contribution in [0.3, 0.4) is 0 Å². The van der Waals surface area contributed by atoms with Crippen LogP contribution < -0.4 is 10.0 Å². The normalized spacial score (nSPS) is 15.9. The molecule has 0 unspecified atom stereocenters. The van der Waals surface area contributed by atoms with Crippen LogP contribution in [0.4, 0.5) is 10.5 Å². The first-order chi connectivity index (χ1) is 13.6. The van der Waals surface area contributed by atoms with Crippen LogP contribution in [0.25, 0.3) is 0 Å². The number of aliphatic hydroxyl groups is 1. The fourth-order valence-corrected chi connectivity index (χ4v) is 5.12. The summed E-state index contributed by atoms with van der Waals surface area (Å²) < 4.78 is 31.9. The average molecular weight is 420 g/mol. The van der Waals surface area contributed by atoms with Crippen molar-refractivity contribution in [1.29, 1.82) is 0 Å². The van der Waals surface area contributed by atoms with Gasteiger partial charge in [0.25, 0.3) is 0 Å². The van der Waals surface area contributed by atoms with Crippen LogP contribution in [-0.4, -0.2) is 24.5 Å². The molecule has 9 heteroatoms. The van der Waals surface area contributed by atoms with Gasteiger partial charge in [0.05, 0.1) is 0 Å². The van der Waals surface area contributed by atoms with Gasteiger partial charge in [-0.2, -0.15) is 13.4 Å². The molecular weight excluding hydrogens is 394 g/mol. The summed E-state index contributed by atoms with van der Waals surface area (Å²) in [5.74, 6) is 0. The van der Waals surface area contributed by atoms with Gasteiger partial charge in [0, 0.05) is 5.69 Å². The van der Waals surface area contributed by atoms with Gasteiger partial charge in [-0.3, -0.25) is 0 Å². The van der Waals surface area contributed by atoms with Crippen molar-refractivity contribution in [2.75, 3.05) is 5.32 Å². The Hall–Kier alpha value is -2.39. The Labute approximate surface area is 169 Å². The SMILES string of the molecule is Cc1c2c(c(NC(=O)NS(=O)(=O)c3nc(C(C)(C)O)co3)c3c1CCC3)CCC2. The Morgan fingerprint density at radius 3 is 2.17 bits per heavy atom. The van der Waals surface area contributed by atoms with Gasteiger partial charge >= 0.3 is 21.3 Å². The molecule has 156 valence electrons. The highest BCUT2D eigenvalue weighted by atomic mass is 32.2. The number of carbonyl (C=O) groups is 1. The largest absolute Gasteiger partial charge is 0.435 e. The number of hydrogen-bond acceptors (Lipinski definition) is 6. The summed E-state index contributed by atoms with van der Waals surface area (Å²) in [6, 6.07) is -0.847. The molecule has 1 heterocycles. The van der Waals surface area contributed by atoms with E-state index in [4.69, 9.17) is 4.42 Å². The van der Waals surface area contributed by atoms with Gasteiger partial charge in [-0.15, -0.1) is 0 Å². The van der Waals surface area contributed by atoms with Crippen LogP contribution in [0, 0.1) is 6.92 Å². The summed E-state index contributed by atoms with van der Waals surface area (Å²) in [4.78, 5) is 16.4. The standard InChI is InChI=1S/C20H25N3O5S/c1-11-12-6-4-8-14(12)17(15-9-5-7-13(11)15)22-18(24)23-29(26,27)19-21-16(10-28-19)20(2,3)25/h10,25H,4-9H2,1-3H3,(H2,22,23,24). The number of hydrogen-bond donors (Lipinski definition) is 3. The number of benzene rings is 1. The molecule has 0 fully saturated rings. The molecule has 29 heavy (non-hydrogen) atoms. The first-order valence-corrected chi connectivity index (χ1v) is 11.2. The van der Waals surface area contributed by atoms with E-state index in [0.717, 1.165) is 61.6 Å². The molecular formula is C20H25N3O5S. The molecule has 0 saturated heterocycles. The van der Waals surface area contributed by atoms with Crippen LogP contribution in [0.1, 0.15) is 60.2 Å². The summed E-state index contributed by atoms with van der Waals surface area (Å²) in [5, 5.41) is 12.1. The topological polar surface area (TPSA) is 122 Å². The Kier molecular flexibility index (Phi) is 4.70. The van der Waals surface area contributed by atoms with E-state index < -0.39 is 26.9 Å². The molecule has 8 nitrogen and oxygen atoms in total. The number of nitrogens with zero attached hydrogens (tertiary/aromatic N) is 1. The van der Waals surface area contributed by atoms with Gasteiger partial charge in [-0.1, -0.05) is 0 Å². The summed E-state index contributed by atoms with van der Waals surface area (Å²) in [6.07, 6.45) is 6.85. The first-order valence-electron chi connectivity index (χ1n) is 9.76. The van der Waals surface area contributed by atoms with Crippen LogP contribution in [0.15, 0.2) is 15.9 Å². The number of urea groups is 1. The van der Waals surface area contributed by atoms with Crippen LogP contribution in [0.5, 0.6) is 0 Å². The lowest BCUT2D eigenvalue weighted by Crippen LogP contribution is -2.35. The van der Waals surface area contributed by atoms with Crippen LogP contribution in [-0.2, 0) is 41.3 Å². The van der Waals surface area contributed by atoms with E-state index in [-0.39, 0.29) is 5.69 Å². The van der Waals surface area contributed by atoms with E-state index >= 15 is 0 Å². The van der Waals surface area contributed by atoms with Gasteiger partial charge in [0.2, 0.25) is 0 Å². The minimum absolute atomic E-state index is 0.0625. The van der Waals surface area contributed by atoms with Gasteiger partial charge in [-0.05, 0) is 87.1 Å². The van der Waals surface area contributed by atoms with Gasteiger partial charge in [-0.25, -0.2) is 9.52 Å². The third kappa shape index (κ3) is 3.53. The van der Waals surface area contributed by atoms with Crippen molar-refractivity contribution in [3.63, 3.8) is 0 Å². The lowest BCUT2D eigenvalue weighted by atomic mass is 9.93. The molecule has 0 saturated carbocycles. The number of rotatable bonds is 4. The maximum atomic E-state index is 12.6. The van der Waals surface area contributed by atoms with Crippen molar-refractivity contribution in [2.24, 2.45) is 0 Å². The van der Waals surface area contributed by atoms with Crippen molar-refractivity contribution in [1.82, 2.24) is 9.71 Å². The molecule has 0 atom stereocenters. The van der Waals surface area contributed by atoms with Gasteiger partial charge in [0.15, 0.2) is 0 Å². The number of anilines is 1. The number of aromatic nitrogens is 1. The third-order valence-electron chi connectivity index (χ3n) is 5.75.